The number of hydrogen-bond acceptors (Lipinski definition) is 6. The number of anilines is 2. The first-order chi connectivity index (χ1) is 9.24. The van der Waals surface area contributed by atoms with Crippen LogP contribution in [0.2, 0.25) is 5.28 Å². The minimum absolute atomic E-state index is 0.0781. The van der Waals surface area contributed by atoms with Crippen LogP contribution in [-0.2, 0) is 0 Å². The predicted molar refractivity (Wildman–Crippen MR) is 75.7 cm³/mol. The van der Waals surface area contributed by atoms with Crippen molar-refractivity contribution in [1.82, 2.24) is 15.0 Å². The molecule has 106 valence electrons. The maximum Gasteiger partial charge on any atom is 0.231 e. The van der Waals surface area contributed by atoms with Crippen LogP contribution in [0.15, 0.2) is 0 Å². The molecule has 0 aromatic carbocycles. The summed E-state index contributed by atoms with van der Waals surface area (Å²) in [5.41, 5.74) is 0. The lowest BCUT2D eigenvalue weighted by Gasteiger charge is -2.34. The van der Waals surface area contributed by atoms with Crippen molar-refractivity contribution in [3.63, 3.8) is 0 Å². The molecule has 2 rings (SSSR count). The second kappa shape index (κ2) is 6.86. The highest BCUT2D eigenvalue weighted by atomic mass is 35.5. The second-order valence-corrected chi connectivity index (χ2v) is 5.02. The number of aromatic nitrogens is 3. The van der Waals surface area contributed by atoms with Gasteiger partial charge in [-0.2, -0.15) is 15.0 Å². The van der Waals surface area contributed by atoms with Crippen molar-refractivity contribution in [2.24, 2.45) is 0 Å². The van der Waals surface area contributed by atoms with Gasteiger partial charge >= 0.3 is 0 Å². The van der Waals surface area contributed by atoms with Gasteiger partial charge in [-0.05, 0) is 24.4 Å². The van der Waals surface area contributed by atoms with Gasteiger partial charge in [0.2, 0.25) is 17.2 Å². The number of nitrogens with zero attached hydrogens (tertiary/aromatic N) is 4. The summed E-state index contributed by atoms with van der Waals surface area (Å²) in [5.74, 6) is 0.999. The zero-order valence-electron chi connectivity index (χ0n) is 11.1. The van der Waals surface area contributed by atoms with Gasteiger partial charge in [-0.1, -0.05) is 19.3 Å². The molecule has 0 saturated heterocycles. The summed E-state index contributed by atoms with van der Waals surface area (Å²) in [6.45, 7) is 0.600. The molecule has 2 N–H and O–H groups in total. The third-order valence-electron chi connectivity index (χ3n) is 3.43. The minimum Gasteiger partial charge on any atom is -0.395 e. The summed E-state index contributed by atoms with van der Waals surface area (Å²) in [6.07, 6.45) is 5.92. The Hall–Kier alpha value is -1.14. The van der Waals surface area contributed by atoms with Crippen molar-refractivity contribution >= 4 is 23.5 Å². The number of nitrogens with one attached hydrogen (secondary N) is 1. The average Bonchev–Trinajstić information content (AvgIpc) is 2.45. The molecule has 0 amide bonds. The van der Waals surface area contributed by atoms with E-state index in [1.165, 1.54) is 19.3 Å². The molecule has 0 radical (unpaired) electrons. The lowest BCUT2D eigenvalue weighted by atomic mass is 9.94. The van der Waals surface area contributed by atoms with Gasteiger partial charge < -0.3 is 15.3 Å². The standard InChI is InChI=1S/C12H20ClN5O/c1-14-11-15-10(13)16-12(17-11)18(7-8-19)9-5-3-2-4-6-9/h9,19H,2-8H2,1H3,(H,14,15,16,17). The molecule has 6 nitrogen and oxygen atoms in total. The molecule has 1 heterocycles. The number of hydrogen-bond donors (Lipinski definition) is 2. The largest absolute Gasteiger partial charge is 0.395 e. The van der Waals surface area contributed by atoms with Crippen molar-refractivity contribution in [2.75, 3.05) is 30.4 Å². The van der Waals surface area contributed by atoms with Crippen molar-refractivity contribution in [3.8, 4) is 0 Å². The zero-order chi connectivity index (χ0) is 13.7. The highest BCUT2D eigenvalue weighted by molar-refractivity contribution is 6.28. The molecular formula is C12H20ClN5O. The van der Waals surface area contributed by atoms with Gasteiger partial charge in [0.05, 0.1) is 6.61 Å². The van der Waals surface area contributed by atoms with E-state index >= 15 is 0 Å². The third kappa shape index (κ3) is 3.67. The van der Waals surface area contributed by atoms with Crippen LogP contribution in [0.5, 0.6) is 0 Å². The molecule has 19 heavy (non-hydrogen) atoms. The van der Waals surface area contributed by atoms with E-state index in [9.17, 15) is 5.11 Å². The predicted octanol–water partition coefficient (Wildman–Crippen LogP) is 1.70. The normalized spacial score (nSPS) is 16.4. The quantitative estimate of drug-likeness (QED) is 0.858. The molecule has 1 aromatic rings. The Kier molecular flexibility index (Phi) is 5.15. The molecule has 7 heteroatoms. The average molecular weight is 286 g/mol. The Morgan fingerprint density at radius 3 is 2.63 bits per heavy atom. The smallest absolute Gasteiger partial charge is 0.231 e. The Balaban J connectivity index is 2.24. The van der Waals surface area contributed by atoms with Gasteiger partial charge in [0.15, 0.2) is 0 Å². The molecule has 1 aliphatic carbocycles. The summed E-state index contributed by atoms with van der Waals surface area (Å²) in [4.78, 5) is 14.6. The lowest BCUT2D eigenvalue weighted by molar-refractivity contribution is 0.288. The van der Waals surface area contributed by atoms with Gasteiger partial charge in [-0.15, -0.1) is 0 Å². The lowest BCUT2D eigenvalue weighted by Crippen LogP contribution is -2.40. The summed E-state index contributed by atoms with van der Waals surface area (Å²) in [7, 11) is 1.74. The maximum atomic E-state index is 9.26. The highest BCUT2D eigenvalue weighted by Crippen LogP contribution is 2.26. The maximum absolute atomic E-state index is 9.26. The van der Waals surface area contributed by atoms with Crippen LogP contribution >= 0.6 is 11.6 Å². The summed E-state index contributed by atoms with van der Waals surface area (Å²) < 4.78 is 0. The van der Waals surface area contributed by atoms with Crippen LogP contribution in [0.1, 0.15) is 32.1 Å². The van der Waals surface area contributed by atoms with Crippen LogP contribution in [0, 0.1) is 0 Å². The fourth-order valence-electron chi connectivity index (χ4n) is 2.53. The van der Waals surface area contributed by atoms with E-state index in [0.29, 0.717) is 24.5 Å². The minimum atomic E-state index is 0.0781. The molecule has 0 aliphatic heterocycles. The first kappa shape index (κ1) is 14.3. The van der Waals surface area contributed by atoms with Crippen molar-refractivity contribution in [1.29, 1.82) is 0 Å². The number of halogens is 1. The molecule has 0 atom stereocenters. The summed E-state index contributed by atoms with van der Waals surface area (Å²) >= 11 is 5.92. The molecular weight excluding hydrogens is 266 g/mol. The second-order valence-electron chi connectivity index (χ2n) is 4.69. The zero-order valence-corrected chi connectivity index (χ0v) is 11.9. The highest BCUT2D eigenvalue weighted by Gasteiger charge is 2.23. The van der Waals surface area contributed by atoms with Gasteiger partial charge in [0.25, 0.3) is 0 Å². The monoisotopic (exact) mass is 285 g/mol. The van der Waals surface area contributed by atoms with Crippen LogP contribution in [0.25, 0.3) is 0 Å². The van der Waals surface area contributed by atoms with E-state index in [4.69, 9.17) is 11.6 Å². The molecule has 1 aromatic heterocycles. The van der Waals surface area contributed by atoms with Gasteiger partial charge in [-0.3, -0.25) is 0 Å². The van der Waals surface area contributed by atoms with Crippen LogP contribution < -0.4 is 10.2 Å². The SMILES string of the molecule is CNc1nc(Cl)nc(N(CCO)C2CCCCC2)n1. The molecule has 1 fully saturated rings. The van der Waals surface area contributed by atoms with E-state index in [-0.39, 0.29) is 11.9 Å². The van der Waals surface area contributed by atoms with E-state index in [2.05, 4.69) is 20.3 Å². The summed E-state index contributed by atoms with van der Waals surface area (Å²) in [5, 5.41) is 12.3. The van der Waals surface area contributed by atoms with Crippen LogP contribution in [-0.4, -0.2) is 46.3 Å². The Labute approximate surface area is 118 Å². The molecule has 1 aliphatic rings. The van der Waals surface area contributed by atoms with E-state index in [1.54, 1.807) is 7.05 Å². The molecule has 0 bridgehead atoms. The van der Waals surface area contributed by atoms with E-state index < -0.39 is 0 Å². The molecule has 0 unspecified atom stereocenters. The number of aliphatic hydroxyl groups is 1. The van der Waals surface area contributed by atoms with E-state index in [1.807, 2.05) is 4.90 Å². The molecule has 1 saturated carbocycles. The fourth-order valence-corrected chi connectivity index (χ4v) is 2.68. The Morgan fingerprint density at radius 1 is 1.26 bits per heavy atom. The summed E-state index contributed by atoms with van der Waals surface area (Å²) in [6, 6.07) is 0.379. The third-order valence-corrected chi connectivity index (χ3v) is 3.60. The van der Waals surface area contributed by atoms with Crippen LogP contribution in [0.4, 0.5) is 11.9 Å². The van der Waals surface area contributed by atoms with Crippen molar-refractivity contribution in [3.05, 3.63) is 5.28 Å². The van der Waals surface area contributed by atoms with Gasteiger partial charge in [0, 0.05) is 19.6 Å². The van der Waals surface area contributed by atoms with Gasteiger partial charge in [-0.25, -0.2) is 0 Å². The molecule has 0 spiro atoms. The first-order valence-electron chi connectivity index (χ1n) is 6.71. The topological polar surface area (TPSA) is 74.2 Å². The first-order valence-corrected chi connectivity index (χ1v) is 7.09. The van der Waals surface area contributed by atoms with E-state index in [0.717, 1.165) is 12.8 Å². The van der Waals surface area contributed by atoms with Crippen LogP contribution in [0.3, 0.4) is 0 Å². The fraction of sp³-hybridized carbons (Fsp3) is 0.750. The van der Waals surface area contributed by atoms with Gasteiger partial charge in [0.1, 0.15) is 0 Å². The Bertz CT molecular complexity index is 411. The number of rotatable bonds is 5. The van der Waals surface area contributed by atoms with Crippen molar-refractivity contribution in [2.45, 2.75) is 38.1 Å². The number of aliphatic hydroxyl groups excluding tert-OH is 1. The van der Waals surface area contributed by atoms with Crippen molar-refractivity contribution < 1.29 is 5.11 Å². The Morgan fingerprint density at radius 2 is 2.00 bits per heavy atom.